The van der Waals surface area contributed by atoms with Gasteiger partial charge in [0.05, 0.1) is 11.6 Å². The van der Waals surface area contributed by atoms with Crippen LogP contribution in [0.1, 0.15) is 51.6 Å². The maximum absolute atomic E-state index is 13.7. The zero-order chi connectivity index (χ0) is 27.2. The number of benzene rings is 1. The molecule has 0 aliphatic carbocycles. The van der Waals surface area contributed by atoms with Crippen molar-refractivity contribution in [1.82, 2.24) is 15.1 Å². The topological polar surface area (TPSA) is 126 Å². The fraction of sp³-hybridized carbons (Fsp3) is 0.577. The van der Waals surface area contributed by atoms with E-state index in [4.69, 9.17) is 4.74 Å². The number of hydrogen-bond acceptors (Lipinski definition) is 7. The zero-order valence-corrected chi connectivity index (χ0v) is 21.7. The molecule has 0 unspecified atom stereocenters. The van der Waals surface area contributed by atoms with Crippen LogP contribution in [0, 0.1) is 11.3 Å². The Kier molecular flexibility index (Phi) is 9.34. The molecule has 0 radical (unpaired) electrons. The molecule has 3 N–H and O–H groups in total. The fourth-order valence-corrected chi connectivity index (χ4v) is 5.07. The summed E-state index contributed by atoms with van der Waals surface area (Å²) in [7, 11) is -1.62. The standard InChI is InChI=1S/C26H36BFN4O5/c1-25(2,31-13-10-21(28)17-31)14-20(16-29)23(33)32-12-7-11-26(32,3)18-37-24(34)30-22(15-27(35)36)19-8-5-4-6-9-19/h4-6,8-9,14,21-22,35-36H,7,10-13,15,17-18H2,1-3H3,(H,30,34)/t21-,22-,26-/m1/s1. The first-order valence-electron chi connectivity index (χ1n) is 12.6. The van der Waals surface area contributed by atoms with Gasteiger partial charge in [-0.05, 0) is 51.7 Å². The van der Waals surface area contributed by atoms with Crippen LogP contribution >= 0.6 is 0 Å². The van der Waals surface area contributed by atoms with Gasteiger partial charge in [-0.15, -0.1) is 0 Å². The summed E-state index contributed by atoms with van der Waals surface area (Å²) in [6.07, 6.45) is 1.52. The molecule has 3 atom stereocenters. The number of carbonyl (C=O) groups is 2. The molecule has 2 aliphatic heterocycles. The minimum absolute atomic E-state index is 0.0223. The highest BCUT2D eigenvalue weighted by molar-refractivity contribution is 6.41. The van der Waals surface area contributed by atoms with Crippen molar-refractivity contribution in [3.63, 3.8) is 0 Å². The lowest BCUT2D eigenvalue weighted by molar-refractivity contribution is -0.131. The maximum Gasteiger partial charge on any atom is 0.453 e. The first-order chi connectivity index (χ1) is 17.4. The molecule has 11 heteroatoms. The van der Waals surface area contributed by atoms with Gasteiger partial charge < -0.3 is 25.0 Å². The predicted molar refractivity (Wildman–Crippen MR) is 137 cm³/mol. The van der Waals surface area contributed by atoms with Crippen molar-refractivity contribution in [2.75, 3.05) is 26.2 Å². The summed E-state index contributed by atoms with van der Waals surface area (Å²) >= 11 is 0. The molecule has 0 spiro atoms. The van der Waals surface area contributed by atoms with E-state index in [2.05, 4.69) is 5.32 Å². The summed E-state index contributed by atoms with van der Waals surface area (Å²) < 4.78 is 19.2. The highest BCUT2D eigenvalue weighted by Crippen LogP contribution is 2.32. The molecular weight excluding hydrogens is 478 g/mol. The molecule has 2 saturated heterocycles. The molecule has 2 aliphatic rings. The molecule has 9 nitrogen and oxygen atoms in total. The van der Waals surface area contributed by atoms with Crippen molar-refractivity contribution < 1.29 is 28.8 Å². The first-order valence-corrected chi connectivity index (χ1v) is 12.6. The Bertz CT molecular complexity index is 1030. The van der Waals surface area contributed by atoms with E-state index < -0.39 is 42.4 Å². The van der Waals surface area contributed by atoms with Crippen molar-refractivity contribution >= 4 is 19.1 Å². The molecule has 0 saturated carbocycles. The highest BCUT2D eigenvalue weighted by Gasteiger charge is 2.43. The first kappa shape index (κ1) is 28.6. The van der Waals surface area contributed by atoms with Gasteiger partial charge >= 0.3 is 13.2 Å². The number of nitrogens with zero attached hydrogens (tertiary/aromatic N) is 3. The van der Waals surface area contributed by atoms with E-state index >= 15 is 0 Å². The van der Waals surface area contributed by atoms with Crippen LogP contribution in [0.4, 0.5) is 9.18 Å². The van der Waals surface area contributed by atoms with Crippen LogP contribution < -0.4 is 5.32 Å². The van der Waals surface area contributed by atoms with E-state index in [-0.39, 0.29) is 25.0 Å². The number of hydrogen-bond donors (Lipinski definition) is 3. The molecular formula is C26H36BFN4O5. The fourth-order valence-electron chi connectivity index (χ4n) is 5.07. The number of ether oxygens (including phenoxy) is 1. The molecule has 1 aromatic carbocycles. The quantitative estimate of drug-likeness (QED) is 0.263. The average Bonchev–Trinajstić information content (AvgIpc) is 3.47. The number of nitrogens with one attached hydrogen (secondary N) is 1. The van der Waals surface area contributed by atoms with E-state index in [0.29, 0.717) is 37.9 Å². The Morgan fingerprint density at radius 3 is 2.65 bits per heavy atom. The van der Waals surface area contributed by atoms with Gasteiger partial charge in [-0.2, -0.15) is 5.26 Å². The maximum atomic E-state index is 13.7. The smallest absolute Gasteiger partial charge is 0.447 e. The third kappa shape index (κ3) is 7.31. The van der Waals surface area contributed by atoms with Crippen LogP contribution in [0.5, 0.6) is 0 Å². The molecule has 3 rings (SSSR count). The lowest BCUT2D eigenvalue weighted by atomic mass is 9.79. The molecule has 1 aromatic rings. The molecule has 200 valence electrons. The highest BCUT2D eigenvalue weighted by atomic mass is 19.1. The van der Waals surface area contributed by atoms with Gasteiger partial charge in [0.1, 0.15) is 24.4 Å². The van der Waals surface area contributed by atoms with Crippen LogP contribution in [-0.4, -0.2) is 82.5 Å². The Labute approximate surface area is 218 Å². The SMILES string of the molecule is CC(C)(C=C(C#N)C(=O)N1CCC[C@]1(C)COC(=O)N[C@H](CB(O)O)c1ccccc1)N1CC[C@@H](F)C1. The number of rotatable bonds is 9. The Hall–Kier alpha value is -2.94. The number of likely N-dealkylation sites (tertiary alicyclic amines) is 2. The number of halogens is 1. The zero-order valence-electron chi connectivity index (χ0n) is 21.7. The lowest BCUT2D eigenvalue weighted by Crippen LogP contribution is -2.50. The Morgan fingerprint density at radius 2 is 2.05 bits per heavy atom. The van der Waals surface area contributed by atoms with Crippen molar-refractivity contribution in [3.05, 3.63) is 47.5 Å². The molecule has 0 bridgehead atoms. The van der Waals surface area contributed by atoms with E-state index in [1.54, 1.807) is 35.2 Å². The molecule has 2 amide bonds. The summed E-state index contributed by atoms with van der Waals surface area (Å²) in [6.45, 7) is 6.67. The molecule has 0 aromatic heterocycles. The van der Waals surface area contributed by atoms with Crippen LogP contribution in [0.2, 0.25) is 6.32 Å². The van der Waals surface area contributed by atoms with E-state index in [9.17, 15) is 29.3 Å². The van der Waals surface area contributed by atoms with Gasteiger partial charge in [0.15, 0.2) is 0 Å². The van der Waals surface area contributed by atoms with E-state index in [1.807, 2.05) is 37.8 Å². The number of alkyl halides is 1. The van der Waals surface area contributed by atoms with Crippen LogP contribution in [0.15, 0.2) is 42.0 Å². The predicted octanol–water partition coefficient (Wildman–Crippen LogP) is 2.58. The number of alkyl carbamates (subject to hydrolysis) is 1. The number of nitriles is 1. The van der Waals surface area contributed by atoms with Crippen LogP contribution in [-0.2, 0) is 9.53 Å². The molecule has 2 heterocycles. The van der Waals surface area contributed by atoms with Crippen molar-refractivity contribution in [2.45, 2.75) is 69.6 Å². The number of carbonyl (C=O) groups excluding carboxylic acids is 2. The van der Waals surface area contributed by atoms with Gasteiger partial charge in [0.25, 0.3) is 5.91 Å². The van der Waals surface area contributed by atoms with E-state index in [0.717, 1.165) is 0 Å². The van der Waals surface area contributed by atoms with Gasteiger partial charge in [0, 0.05) is 31.5 Å². The van der Waals surface area contributed by atoms with Crippen LogP contribution in [0.3, 0.4) is 0 Å². The molecule has 2 fully saturated rings. The van der Waals surface area contributed by atoms with Crippen molar-refractivity contribution in [2.24, 2.45) is 0 Å². The number of amides is 2. The summed E-state index contributed by atoms with van der Waals surface area (Å²) in [4.78, 5) is 29.5. The monoisotopic (exact) mass is 514 g/mol. The van der Waals surface area contributed by atoms with Crippen molar-refractivity contribution in [3.8, 4) is 6.07 Å². The third-order valence-corrected chi connectivity index (χ3v) is 7.24. The summed E-state index contributed by atoms with van der Waals surface area (Å²) in [6, 6.07) is 10.2. The Morgan fingerprint density at radius 1 is 1.35 bits per heavy atom. The summed E-state index contributed by atoms with van der Waals surface area (Å²) in [5.41, 5.74) is -0.811. The second-order valence-corrected chi connectivity index (χ2v) is 10.6. The van der Waals surface area contributed by atoms with Gasteiger partial charge in [-0.1, -0.05) is 30.3 Å². The summed E-state index contributed by atoms with van der Waals surface area (Å²) in [5, 5.41) is 31.3. The van der Waals surface area contributed by atoms with Crippen LogP contribution in [0.25, 0.3) is 0 Å². The Balaban J connectivity index is 1.67. The summed E-state index contributed by atoms with van der Waals surface area (Å²) in [5.74, 6) is -0.443. The van der Waals surface area contributed by atoms with Gasteiger partial charge in [-0.25, -0.2) is 9.18 Å². The normalized spacial score (nSPS) is 23.4. The minimum Gasteiger partial charge on any atom is -0.447 e. The molecule has 37 heavy (non-hydrogen) atoms. The third-order valence-electron chi connectivity index (χ3n) is 7.24. The van der Waals surface area contributed by atoms with Gasteiger partial charge in [0.2, 0.25) is 0 Å². The largest absolute Gasteiger partial charge is 0.453 e. The second kappa shape index (κ2) is 12.1. The minimum atomic E-state index is -1.62. The lowest BCUT2D eigenvalue weighted by Gasteiger charge is -2.36. The van der Waals surface area contributed by atoms with E-state index in [1.165, 1.54) is 0 Å². The van der Waals surface area contributed by atoms with Crippen molar-refractivity contribution in [1.29, 1.82) is 5.26 Å². The second-order valence-electron chi connectivity index (χ2n) is 10.6. The van der Waals surface area contributed by atoms with Gasteiger partial charge in [-0.3, -0.25) is 9.69 Å². The average molecular weight is 514 g/mol.